The second-order valence-electron chi connectivity index (χ2n) is 7.04. The molecule has 0 saturated heterocycles. The van der Waals surface area contributed by atoms with E-state index in [1.807, 2.05) is 27.7 Å². The van der Waals surface area contributed by atoms with Crippen molar-refractivity contribution in [2.75, 3.05) is 7.05 Å². The molecule has 0 spiro atoms. The largest absolute Gasteiger partial charge is 0.455 e. The number of nitrogens with zero attached hydrogens (tertiary/aromatic N) is 1. The molecule has 0 aliphatic rings. The molecule has 1 aromatic heterocycles. The van der Waals surface area contributed by atoms with Crippen LogP contribution >= 0.6 is 0 Å². The smallest absolute Gasteiger partial charge is 0.287 e. The van der Waals surface area contributed by atoms with E-state index in [4.69, 9.17) is 4.42 Å². The minimum atomic E-state index is -3.62. The van der Waals surface area contributed by atoms with Crippen molar-refractivity contribution < 1.29 is 17.6 Å². The van der Waals surface area contributed by atoms with Crippen LogP contribution in [0.2, 0.25) is 0 Å². The molecule has 136 valence electrons. The van der Waals surface area contributed by atoms with Crippen LogP contribution in [0.5, 0.6) is 0 Å². The predicted molar refractivity (Wildman–Crippen MR) is 95.8 cm³/mol. The summed E-state index contributed by atoms with van der Waals surface area (Å²) < 4.78 is 31.9. The number of amides is 1. The number of hydrogen-bond acceptors (Lipinski definition) is 4. The van der Waals surface area contributed by atoms with Gasteiger partial charge in [0.25, 0.3) is 5.91 Å². The van der Waals surface area contributed by atoms with E-state index in [0.717, 1.165) is 5.56 Å². The number of nitrogens with one attached hydrogen (secondary N) is 1. The molecular weight excluding hydrogens is 340 g/mol. The topological polar surface area (TPSA) is 79.6 Å². The molecule has 6 nitrogen and oxygen atoms in total. The van der Waals surface area contributed by atoms with E-state index in [0.29, 0.717) is 5.76 Å². The van der Waals surface area contributed by atoms with Crippen molar-refractivity contribution in [1.29, 1.82) is 0 Å². The number of carbonyl (C=O) groups is 1. The molecule has 2 rings (SSSR count). The minimum Gasteiger partial charge on any atom is -0.455 e. The summed E-state index contributed by atoms with van der Waals surface area (Å²) in [6.45, 7) is 7.55. The Morgan fingerprint density at radius 3 is 2.28 bits per heavy atom. The molecule has 0 saturated carbocycles. The van der Waals surface area contributed by atoms with Gasteiger partial charge in [-0.1, -0.05) is 17.7 Å². The summed E-state index contributed by atoms with van der Waals surface area (Å²) in [7, 11) is -2.14. The van der Waals surface area contributed by atoms with Crippen molar-refractivity contribution in [2.24, 2.45) is 0 Å². The Kier molecular flexibility index (Phi) is 5.39. The number of benzene rings is 1. The third-order valence-electron chi connectivity index (χ3n) is 3.48. The summed E-state index contributed by atoms with van der Waals surface area (Å²) >= 11 is 0. The van der Waals surface area contributed by atoms with Crippen LogP contribution in [0.25, 0.3) is 0 Å². The van der Waals surface area contributed by atoms with E-state index in [1.165, 1.54) is 11.4 Å². The van der Waals surface area contributed by atoms with Gasteiger partial charge in [0.1, 0.15) is 5.76 Å². The third kappa shape index (κ3) is 4.93. The van der Waals surface area contributed by atoms with Crippen molar-refractivity contribution in [3.63, 3.8) is 0 Å². The zero-order valence-corrected chi connectivity index (χ0v) is 16.0. The molecular formula is C18H24N2O4S. The Morgan fingerprint density at radius 1 is 1.12 bits per heavy atom. The summed E-state index contributed by atoms with van der Waals surface area (Å²) in [6, 6.07) is 9.81. The van der Waals surface area contributed by atoms with Gasteiger partial charge in [-0.25, -0.2) is 8.42 Å². The molecule has 0 radical (unpaired) electrons. The first-order valence-corrected chi connectivity index (χ1v) is 9.37. The lowest BCUT2D eigenvalue weighted by atomic mass is 10.1. The van der Waals surface area contributed by atoms with Gasteiger partial charge in [-0.15, -0.1) is 0 Å². The average molecular weight is 364 g/mol. The molecule has 7 heteroatoms. The van der Waals surface area contributed by atoms with Crippen LogP contribution in [0.3, 0.4) is 0 Å². The quantitative estimate of drug-likeness (QED) is 0.885. The first-order chi connectivity index (χ1) is 11.5. The second-order valence-corrected chi connectivity index (χ2v) is 9.09. The summed E-state index contributed by atoms with van der Waals surface area (Å²) in [6.07, 6.45) is 0. The molecule has 2 aromatic rings. The van der Waals surface area contributed by atoms with E-state index >= 15 is 0 Å². The van der Waals surface area contributed by atoms with Crippen LogP contribution < -0.4 is 5.32 Å². The summed E-state index contributed by atoms with van der Waals surface area (Å²) in [5.74, 6) is 0.228. The summed E-state index contributed by atoms with van der Waals surface area (Å²) in [5, 5.41) is 2.80. The van der Waals surface area contributed by atoms with Crippen LogP contribution in [-0.4, -0.2) is 31.2 Å². The first-order valence-electron chi connectivity index (χ1n) is 7.93. The van der Waals surface area contributed by atoms with Crippen LogP contribution in [0, 0.1) is 6.92 Å². The van der Waals surface area contributed by atoms with Crippen molar-refractivity contribution in [1.82, 2.24) is 9.62 Å². The SMILES string of the molecule is Cc1ccc(S(=O)(=O)N(C)Cc2ccc(C(=O)NC(C)(C)C)o2)cc1. The van der Waals surface area contributed by atoms with Crippen LogP contribution in [-0.2, 0) is 16.6 Å². The number of sulfonamides is 1. The molecule has 1 aromatic carbocycles. The number of furan rings is 1. The highest BCUT2D eigenvalue weighted by molar-refractivity contribution is 7.89. The Bertz CT molecular complexity index is 846. The monoisotopic (exact) mass is 364 g/mol. The van der Waals surface area contributed by atoms with E-state index < -0.39 is 10.0 Å². The van der Waals surface area contributed by atoms with Gasteiger partial charge in [-0.2, -0.15) is 4.31 Å². The molecule has 0 aliphatic carbocycles. The average Bonchev–Trinajstić information content (AvgIpc) is 2.94. The molecule has 0 fully saturated rings. The van der Waals surface area contributed by atoms with Gasteiger partial charge in [0, 0.05) is 12.6 Å². The lowest BCUT2D eigenvalue weighted by Crippen LogP contribution is -2.40. The van der Waals surface area contributed by atoms with Gasteiger partial charge < -0.3 is 9.73 Å². The Balaban J connectivity index is 2.12. The molecule has 0 aliphatic heterocycles. The third-order valence-corrected chi connectivity index (χ3v) is 5.30. The maximum absolute atomic E-state index is 12.6. The fourth-order valence-electron chi connectivity index (χ4n) is 2.18. The molecule has 1 N–H and O–H groups in total. The summed E-state index contributed by atoms with van der Waals surface area (Å²) in [5.41, 5.74) is 0.609. The van der Waals surface area contributed by atoms with Gasteiger partial charge in [0.15, 0.2) is 5.76 Å². The maximum atomic E-state index is 12.6. The zero-order valence-electron chi connectivity index (χ0n) is 15.2. The molecule has 0 bridgehead atoms. The zero-order chi connectivity index (χ0) is 18.8. The van der Waals surface area contributed by atoms with Gasteiger partial charge in [0.2, 0.25) is 10.0 Å². The number of aryl methyl sites for hydroxylation is 1. The fraction of sp³-hybridized carbons (Fsp3) is 0.389. The van der Waals surface area contributed by atoms with Gasteiger partial charge in [0.05, 0.1) is 11.4 Å². The highest BCUT2D eigenvalue weighted by Crippen LogP contribution is 2.19. The van der Waals surface area contributed by atoms with Gasteiger partial charge >= 0.3 is 0 Å². The minimum absolute atomic E-state index is 0.0407. The Labute approximate surface area is 148 Å². The molecule has 1 heterocycles. The molecule has 0 unspecified atom stereocenters. The molecule has 1 amide bonds. The maximum Gasteiger partial charge on any atom is 0.287 e. The Morgan fingerprint density at radius 2 is 1.72 bits per heavy atom. The van der Waals surface area contributed by atoms with Crippen molar-refractivity contribution in [2.45, 2.75) is 44.7 Å². The van der Waals surface area contributed by atoms with Gasteiger partial charge in [-0.05, 0) is 52.0 Å². The predicted octanol–water partition coefficient (Wildman–Crippen LogP) is 2.94. The van der Waals surface area contributed by atoms with Crippen LogP contribution in [0.4, 0.5) is 0 Å². The van der Waals surface area contributed by atoms with E-state index in [2.05, 4.69) is 5.32 Å². The van der Waals surface area contributed by atoms with Gasteiger partial charge in [-0.3, -0.25) is 4.79 Å². The van der Waals surface area contributed by atoms with E-state index in [-0.39, 0.29) is 28.6 Å². The standard InChI is InChI=1S/C18H24N2O4S/c1-13-6-9-15(10-7-13)25(22,23)20(5)12-14-8-11-16(24-14)17(21)19-18(2,3)4/h6-11H,12H2,1-5H3,(H,19,21). The Hall–Kier alpha value is -2.12. The number of rotatable bonds is 5. The summed E-state index contributed by atoms with van der Waals surface area (Å²) in [4.78, 5) is 12.3. The highest BCUT2D eigenvalue weighted by atomic mass is 32.2. The van der Waals surface area contributed by atoms with Crippen molar-refractivity contribution >= 4 is 15.9 Å². The molecule has 25 heavy (non-hydrogen) atoms. The van der Waals surface area contributed by atoms with Crippen LogP contribution in [0.15, 0.2) is 45.7 Å². The lowest BCUT2D eigenvalue weighted by Gasteiger charge is -2.19. The van der Waals surface area contributed by atoms with Crippen molar-refractivity contribution in [3.8, 4) is 0 Å². The lowest BCUT2D eigenvalue weighted by molar-refractivity contribution is 0.0888. The second kappa shape index (κ2) is 7.01. The van der Waals surface area contributed by atoms with E-state index in [1.54, 1.807) is 36.4 Å². The van der Waals surface area contributed by atoms with E-state index in [9.17, 15) is 13.2 Å². The normalized spacial score (nSPS) is 12.4. The first kappa shape index (κ1) is 19.2. The van der Waals surface area contributed by atoms with Crippen molar-refractivity contribution in [3.05, 3.63) is 53.5 Å². The van der Waals surface area contributed by atoms with Crippen LogP contribution in [0.1, 0.15) is 42.6 Å². The highest BCUT2D eigenvalue weighted by Gasteiger charge is 2.23. The fourth-order valence-corrected chi connectivity index (χ4v) is 3.32. The molecule has 0 atom stereocenters. The number of carbonyl (C=O) groups excluding carboxylic acids is 1. The number of hydrogen-bond donors (Lipinski definition) is 1.